The van der Waals surface area contributed by atoms with Gasteiger partial charge in [0.05, 0.1) is 6.54 Å². The minimum Gasteiger partial charge on any atom is -0.381 e. The van der Waals surface area contributed by atoms with Crippen LogP contribution in [0.25, 0.3) is 0 Å². The zero-order valence-electron chi connectivity index (χ0n) is 13.4. The Morgan fingerprint density at radius 3 is 1.96 bits per heavy atom. The van der Waals surface area contributed by atoms with Gasteiger partial charge in [-0.1, -0.05) is 51.8 Å². The monoisotopic (exact) mass is 411 g/mol. The fraction of sp³-hybridized carbons (Fsp3) is 0.278. The SMILES string of the molecule is CC(C)(O)C(=O)NCC(O)(c1ccc(Cl)cc1)c1ccc(Br)cc1. The standard InChI is InChI=1S/C18H19BrClNO3/c1-17(2,23)16(22)21-11-18(24,12-3-7-14(19)8-4-12)13-5-9-15(20)10-6-13/h3-10,23-24H,11H2,1-2H3,(H,21,22). The molecular formula is C18H19BrClNO3. The molecule has 0 aliphatic rings. The molecule has 0 saturated carbocycles. The quantitative estimate of drug-likeness (QED) is 0.706. The molecular weight excluding hydrogens is 394 g/mol. The number of nitrogens with one attached hydrogen (secondary N) is 1. The van der Waals surface area contributed by atoms with Crippen molar-refractivity contribution in [3.8, 4) is 0 Å². The van der Waals surface area contributed by atoms with Crippen LogP contribution in [-0.2, 0) is 10.4 Å². The van der Waals surface area contributed by atoms with E-state index in [0.29, 0.717) is 16.1 Å². The Morgan fingerprint density at radius 2 is 1.50 bits per heavy atom. The maximum Gasteiger partial charge on any atom is 0.251 e. The largest absolute Gasteiger partial charge is 0.381 e. The average Bonchev–Trinajstić information content (AvgIpc) is 2.52. The van der Waals surface area contributed by atoms with Gasteiger partial charge >= 0.3 is 0 Å². The average molecular weight is 413 g/mol. The first-order chi connectivity index (χ1) is 11.1. The molecule has 0 heterocycles. The third-order valence-electron chi connectivity index (χ3n) is 3.70. The Kier molecular flexibility index (Phi) is 5.71. The summed E-state index contributed by atoms with van der Waals surface area (Å²) in [5.41, 5.74) is -1.78. The van der Waals surface area contributed by atoms with Crippen LogP contribution in [0.3, 0.4) is 0 Å². The lowest BCUT2D eigenvalue weighted by atomic mass is 9.86. The van der Waals surface area contributed by atoms with E-state index in [9.17, 15) is 15.0 Å². The first kappa shape index (κ1) is 18.9. The molecule has 2 aromatic carbocycles. The summed E-state index contributed by atoms with van der Waals surface area (Å²) in [4.78, 5) is 12.0. The predicted molar refractivity (Wildman–Crippen MR) is 97.9 cm³/mol. The molecule has 0 spiro atoms. The second kappa shape index (κ2) is 7.23. The highest BCUT2D eigenvalue weighted by Gasteiger charge is 2.34. The molecule has 24 heavy (non-hydrogen) atoms. The third kappa shape index (κ3) is 4.36. The second-order valence-electron chi connectivity index (χ2n) is 6.12. The van der Waals surface area contributed by atoms with Crippen molar-refractivity contribution in [1.82, 2.24) is 5.32 Å². The molecule has 4 nitrogen and oxygen atoms in total. The predicted octanol–water partition coefficient (Wildman–Crippen LogP) is 3.23. The normalized spacial score (nSPS) is 14.1. The van der Waals surface area contributed by atoms with Crippen molar-refractivity contribution in [2.24, 2.45) is 0 Å². The van der Waals surface area contributed by atoms with Gasteiger partial charge in [-0.3, -0.25) is 4.79 Å². The van der Waals surface area contributed by atoms with Gasteiger partial charge in [-0.15, -0.1) is 0 Å². The van der Waals surface area contributed by atoms with E-state index in [1.54, 1.807) is 36.4 Å². The Bertz CT molecular complexity index is 663. The molecule has 0 radical (unpaired) electrons. The van der Waals surface area contributed by atoms with Crippen molar-refractivity contribution in [3.63, 3.8) is 0 Å². The van der Waals surface area contributed by atoms with Gasteiger partial charge in [-0.05, 0) is 49.2 Å². The molecule has 1 atom stereocenters. The number of amides is 1. The highest BCUT2D eigenvalue weighted by atomic mass is 79.9. The molecule has 2 rings (SSSR count). The fourth-order valence-electron chi connectivity index (χ4n) is 2.25. The number of benzene rings is 2. The number of rotatable bonds is 5. The van der Waals surface area contributed by atoms with Gasteiger partial charge < -0.3 is 15.5 Å². The fourth-order valence-corrected chi connectivity index (χ4v) is 2.64. The first-order valence-corrected chi connectivity index (χ1v) is 8.55. The van der Waals surface area contributed by atoms with E-state index in [2.05, 4.69) is 21.2 Å². The summed E-state index contributed by atoms with van der Waals surface area (Å²) in [6.45, 7) is 2.70. The molecule has 0 aromatic heterocycles. The summed E-state index contributed by atoms with van der Waals surface area (Å²) in [5.74, 6) is -0.563. The third-order valence-corrected chi connectivity index (χ3v) is 4.48. The van der Waals surface area contributed by atoms with E-state index in [1.807, 2.05) is 12.1 Å². The summed E-state index contributed by atoms with van der Waals surface area (Å²) >= 11 is 9.29. The molecule has 0 aliphatic heterocycles. The van der Waals surface area contributed by atoms with Gasteiger partial charge in [0, 0.05) is 9.50 Å². The molecule has 0 bridgehead atoms. The van der Waals surface area contributed by atoms with E-state index < -0.39 is 17.1 Å². The minimum atomic E-state index is -1.53. The van der Waals surface area contributed by atoms with Crippen molar-refractivity contribution in [3.05, 3.63) is 69.2 Å². The molecule has 0 aliphatic carbocycles. The number of carbonyl (C=O) groups excluding carboxylic acids is 1. The Labute approximate surface area is 154 Å². The Hall–Kier alpha value is -1.40. The van der Waals surface area contributed by atoms with Crippen molar-refractivity contribution < 1.29 is 15.0 Å². The van der Waals surface area contributed by atoms with E-state index in [0.717, 1.165) is 4.47 Å². The smallest absolute Gasteiger partial charge is 0.251 e. The highest BCUT2D eigenvalue weighted by Crippen LogP contribution is 2.31. The molecule has 0 saturated heterocycles. The van der Waals surface area contributed by atoms with E-state index >= 15 is 0 Å². The van der Waals surface area contributed by atoms with Crippen LogP contribution in [-0.4, -0.2) is 28.3 Å². The zero-order chi connectivity index (χ0) is 18.0. The molecule has 1 amide bonds. The molecule has 6 heteroatoms. The van der Waals surface area contributed by atoms with Crippen LogP contribution in [0.5, 0.6) is 0 Å². The molecule has 1 unspecified atom stereocenters. The molecule has 128 valence electrons. The van der Waals surface area contributed by atoms with Gasteiger partial charge in [0.1, 0.15) is 11.2 Å². The van der Waals surface area contributed by atoms with E-state index in [-0.39, 0.29) is 6.54 Å². The zero-order valence-corrected chi connectivity index (χ0v) is 15.7. The van der Waals surface area contributed by atoms with Crippen molar-refractivity contribution in [2.45, 2.75) is 25.0 Å². The van der Waals surface area contributed by atoms with E-state index in [4.69, 9.17) is 11.6 Å². The molecule has 3 N–H and O–H groups in total. The van der Waals surface area contributed by atoms with E-state index in [1.165, 1.54) is 13.8 Å². The van der Waals surface area contributed by atoms with Crippen LogP contribution < -0.4 is 5.32 Å². The van der Waals surface area contributed by atoms with Crippen molar-refractivity contribution >= 4 is 33.4 Å². The van der Waals surface area contributed by atoms with Crippen LogP contribution in [0, 0.1) is 0 Å². The van der Waals surface area contributed by atoms with Crippen molar-refractivity contribution in [2.75, 3.05) is 6.54 Å². The first-order valence-electron chi connectivity index (χ1n) is 7.38. The summed E-state index contributed by atoms with van der Waals surface area (Å²) in [5, 5.41) is 24.2. The van der Waals surface area contributed by atoms with Crippen LogP contribution in [0.1, 0.15) is 25.0 Å². The Balaban J connectivity index is 2.39. The van der Waals surface area contributed by atoms with Gasteiger partial charge in [0.25, 0.3) is 5.91 Å². The van der Waals surface area contributed by atoms with Gasteiger partial charge in [0.2, 0.25) is 0 Å². The number of hydrogen-bond donors (Lipinski definition) is 3. The van der Waals surface area contributed by atoms with Gasteiger partial charge in [-0.2, -0.15) is 0 Å². The summed E-state index contributed by atoms with van der Waals surface area (Å²) in [7, 11) is 0. The number of halogens is 2. The summed E-state index contributed by atoms with van der Waals surface area (Å²) in [6.07, 6.45) is 0. The lowest BCUT2D eigenvalue weighted by molar-refractivity contribution is -0.137. The highest BCUT2D eigenvalue weighted by molar-refractivity contribution is 9.10. The lowest BCUT2D eigenvalue weighted by Gasteiger charge is -2.31. The number of carbonyl (C=O) groups is 1. The maximum atomic E-state index is 12.0. The Morgan fingerprint density at radius 1 is 1.04 bits per heavy atom. The van der Waals surface area contributed by atoms with Crippen LogP contribution in [0.4, 0.5) is 0 Å². The number of aliphatic hydroxyl groups is 2. The summed E-state index contributed by atoms with van der Waals surface area (Å²) < 4.78 is 0.880. The summed E-state index contributed by atoms with van der Waals surface area (Å²) in [6, 6.07) is 13.9. The topological polar surface area (TPSA) is 69.6 Å². The van der Waals surface area contributed by atoms with Gasteiger partial charge in [0.15, 0.2) is 0 Å². The number of hydrogen-bond acceptors (Lipinski definition) is 3. The van der Waals surface area contributed by atoms with Gasteiger partial charge in [-0.25, -0.2) is 0 Å². The van der Waals surface area contributed by atoms with Crippen LogP contribution in [0.2, 0.25) is 5.02 Å². The van der Waals surface area contributed by atoms with Crippen LogP contribution in [0.15, 0.2) is 53.0 Å². The second-order valence-corrected chi connectivity index (χ2v) is 7.47. The minimum absolute atomic E-state index is 0.0842. The lowest BCUT2D eigenvalue weighted by Crippen LogP contribution is -2.48. The van der Waals surface area contributed by atoms with Crippen molar-refractivity contribution in [1.29, 1.82) is 0 Å². The molecule has 2 aromatic rings. The maximum absolute atomic E-state index is 12.0. The molecule has 0 fully saturated rings. The van der Waals surface area contributed by atoms with Crippen LogP contribution >= 0.6 is 27.5 Å².